The maximum absolute atomic E-state index is 14.3. The van der Waals surface area contributed by atoms with Gasteiger partial charge in [-0.1, -0.05) is 86.3 Å². The molecule has 9 heteroatoms. The van der Waals surface area contributed by atoms with Crippen LogP contribution in [-0.4, -0.2) is 57.4 Å². The van der Waals surface area contributed by atoms with Crippen molar-refractivity contribution in [3.05, 3.63) is 90.0 Å². The summed E-state index contributed by atoms with van der Waals surface area (Å²) in [6.45, 7) is 3.54. The van der Waals surface area contributed by atoms with Crippen LogP contribution in [0.5, 0.6) is 5.75 Å². The molecule has 43 heavy (non-hydrogen) atoms. The Labute approximate surface area is 256 Å². The van der Waals surface area contributed by atoms with Crippen molar-refractivity contribution in [3.8, 4) is 5.75 Å². The molecular weight excluding hydrogens is 562 g/mol. The number of methoxy groups -OCH3 is 1. The van der Waals surface area contributed by atoms with Gasteiger partial charge in [0.05, 0.1) is 17.7 Å². The topological polar surface area (TPSA) is 96.0 Å². The standard InChI is InChI=1S/C34H43N3O5S/c1-4-30(34(39)35-28-15-9-6-10-16-28)36(24-23-27-13-7-5-8-14-27)33(38)25-37(31-17-11-12-18-32(31)42-3)43(40,41)29-21-19-26(2)20-22-29/h5,7-8,11-14,17-22,28,30H,4,6,9-10,15-16,23-25H2,1-3H3,(H,35,39)/t30-/m0/s1. The highest BCUT2D eigenvalue weighted by atomic mass is 32.2. The molecule has 3 aromatic carbocycles. The van der Waals surface area contributed by atoms with Gasteiger partial charge < -0.3 is 15.0 Å². The zero-order chi connectivity index (χ0) is 30.8. The van der Waals surface area contributed by atoms with Crippen LogP contribution in [0, 0.1) is 6.92 Å². The number of aryl methyl sites for hydroxylation is 1. The number of benzene rings is 3. The van der Waals surface area contributed by atoms with E-state index in [1.54, 1.807) is 41.3 Å². The molecule has 0 radical (unpaired) electrons. The Hall–Kier alpha value is -3.85. The SMILES string of the molecule is CC[C@@H](C(=O)NC1CCCCC1)N(CCc1ccccc1)C(=O)CN(c1ccccc1OC)S(=O)(=O)c1ccc(C)cc1. The summed E-state index contributed by atoms with van der Waals surface area (Å²) >= 11 is 0. The fourth-order valence-corrected chi connectivity index (χ4v) is 7.05. The molecule has 4 rings (SSSR count). The Morgan fingerprint density at radius 3 is 2.23 bits per heavy atom. The first-order valence-corrected chi connectivity index (χ1v) is 16.5. The summed E-state index contributed by atoms with van der Waals surface area (Å²) in [6.07, 6.45) is 6.09. The fourth-order valence-electron chi connectivity index (χ4n) is 5.63. The molecule has 1 aliphatic rings. The number of carbonyl (C=O) groups excluding carboxylic acids is 2. The first-order valence-electron chi connectivity index (χ1n) is 15.1. The number of nitrogens with zero attached hydrogens (tertiary/aromatic N) is 2. The van der Waals surface area contributed by atoms with Crippen LogP contribution in [0.15, 0.2) is 83.8 Å². The van der Waals surface area contributed by atoms with E-state index in [4.69, 9.17) is 4.74 Å². The summed E-state index contributed by atoms with van der Waals surface area (Å²) in [5.41, 5.74) is 2.19. The van der Waals surface area contributed by atoms with Gasteiger partial charge in [0.1, 0.15) is 18.3 Å². The van der Waals surface area contributed by atoms with Crippen LogP contribution < -0.4 is 14.4 Å². The lowest BCUT2D eigenvalue weighted by Crippen LogP contribution is -2.54. The summed E-state index contributed by atoms with van der Waals surface area (Å²) in [4.78, 5) is 29.5. The number of hydrogen-bond donors (Lipinski definition) is 1. The molecule has 2 amide bonds. The van der Waals surface area contributed by atoms with Crippen molar-refractivity contribution in [3.63, 3.8) is 0 Å². The van der Waals surface area contributed by atoms with Gasteiger partial charge >= 0.3 is 0 Å². The average molecular weight is 606 g/mol. The van der Waals surface area contributed by atoms with Crippen molar-refractivity contribution in [2.24, 2.45) is 0 Å². The highest BCUT2D eigenvalue weighted by molar-refractivity contribution is 7.92. The zero-order valence-electron chi connectivity index (χ0n) is 25.4. The number of hydrogen-bond acceptors (Lipinski definition) is 5. The van der Waals surface area contributed by atoms with E-state index < -0.39 is 28.5 Å². The highest BCUT2D eigenvalue weighted by Crippen LogP contribution is 2.32. The van der Waals surface area contributed by atoms with E-state index in [9.17, 15) is 18.0 Å². The highest BCUT2D eigenvalue weighted by Gasteiger charge is 2.35. The van der Waals surface area contributed by atoms with Crippen LogP contribution in [0.4, 0.5) is 5.69 Å². The third kappa shape index (κ3) is 8.16. The predicted octanol–water partition coefficient (Wildman–Crippen LogP) is 5.50. The molecule has 0 bridgehead atoms. The lowest BCUT2D eigenvalue weighted by molar-refractivity contribution is -0.140. The van der Waals surface area contributed by atoms with Crippen molar-refractivity contribution >= 4 is 27.5 Å². The largest absolute Gasteiger partial charge is 0.495 e. The zero-order valence-corrected chi connectivity index (χ0v) is 26.2. The van der Waals surface area contributed by atoms with Crippen LogP contribution in [0.3, 0.4) is 0 Å². The second-order valence-corrected chi connectivity index (χ2v) is 12.9. The summed E-state index contributed by atoms with van der Waals surface area (Å²) in [5.74, 6) is -0.326. The fraction of sp³-hybridized carbons (Fsp3) is 0.412. The summed E-state index contributed by atoms with van der Waals surface area (Å²) < 4.78 is 34.8. The van der Waals surface area contributed by atoms with E-state index in [2.05, 4.69) is 5.32 Å². The van der Waals surface area contributed by atoms with Gasteiger partial charge in [0.2, 0.25) is 11.8 Å². The number of ether oxygens (including phenoxy) is 1. The molecule has 0 aliphatic heterocycles. The molecule has 0 heterocycles. The van der Waals surface area contributed by atoms with Crippen molar-refractivity contribution in [1.29, 1.82) is 0 Å². The number of amides is 2. The smallest absolute Gasteiger partial charge is 0.264 e. The molecule has 0 aromatic heterocycles. The van der Waals surface area contributed by atoms with Crippen LogP contribution in [0.2, 0.25) is 0 Å². The van der Waals surface area contributed by atoms with Crippen molar-refractivity contribution in [2.45, 2.75) is 75.8 Å². The maximum Gasteiger partial charge on any atom is 0.264 e. The quantitative estimate of drug-likeness (QED) is 0.278. The number of carbonyl (C=O) groups is 2. The number of para-hydroxylation sites is 2. The molecular formula is C34H43N3O5S. The normalized spacial score (nSPS) is 14.5. The molecule has 0 saturated heterocycles. The van der Waals surface area contributed by atoms with Gasteiger partial charge in [-0.15, -0.1) is 0 Å². The Kier molecular flexibility index (Phi) is 11.2. The van der Waals surface area contributed by atoms with E-state index in [-0.39, 0.29) is 29.1 Å². The van der Waals surface area contributed by atoms with Gasteiger partial charge in [0.15, 0.2) is 0 Å². The van der Waals surface area contributed by atoms with Crippen molar-refractivity contribution in [2.75, 3.05) is 24.5 Å². The van der Waals surface area contributed by atoms with Gasteiger partial charge in [-0.3, -0.25) is 13.9 Å². The second kappa shape index (κ2) is 15.0. The van der Waals surface area contributed by atoms with E-state index in [1.807, 2.05) is 44.2 Å². The number of sulfonamides is 1. The summed E-state index contributed by atoms with van der Waals surface area (Å²) in [5, 5.41) is 3.18. The second-order valence-electron chi connectivity index (χ2n) is 11.1. The Morgan fingerprint density at radius 1 is 0.930 bits per heavy atom. The molecule has 0 unspecified atom stereocenters. The molecule has 3 aromatic rings. The lowest BCUT2D eigenvalue weighted by atomic mass is 9.95. The lowest BCUT2D eigenvalue weighted by Gasteiger charge is -2.34. The Morgan fingerprint density at radius 2 is 1.58 bits per heavy atom. The molecule has 8 nitrogen and oxygen atoms in total. The van der Waals surface area contributed by atoms with E-state index in [0.29, 0.717) is 18.6 Å². The Bertz CT molecular complexity index is 1450. The van der Waals surface area contributed by atoms with Crippen LogP contribution in [0.25, 0.3) is 0 Å². The molecule has 1 atom stereocenters. The molecule has 1 saturated carbocycles. The molecule has 230 valence electrons. The van der Waals surface area contributed by atoms with Gasteiger partial charge in [-0.25, -0.2) is 8.42 Å². The van der Waals surface area contributed by atoms with Gasteiger partial charge in [-0.2, -0.15) is 0 Å². The molecule has 1 fully saturated rings. The number of nitrogens with one attached hydrogen (secondary N) is 1. The maximum atomic E-state index is 14.3. The van der Waals surface area contributed by atoms with Crippen molar-refractivity contribution in [1.82, 2.24) is 10.2 Å². The average Bonchev–Trinajstić information content (AvgIpc) is 3.02. The number of rotatable bonds is 13. The predicted molar refractivity (Wildman–Crippen MR) is 170 cm³/mol. The Balaban J connectivity index is 1.69. The molecule has 0 spiro atoms. The first-order chi connectivity index (χ1) is 20.7. The van der Waals surface area contributed by atoms with Gasteiger partial charge in [0, 0.05) is 12.6 Å². The third-order valence-electron chi connectivity index (χ3n) is 8.06. The first kappa shape index (κ1) is 32.1. The third-order valence-corrected chi connectivity index (χ3v) is 9.84. The van der Waals surface area contributed by atoms with E-state index in [0.717, 1.165) is 41.1 Å². The summed E-state index contributed by atoms with van der Waals surface area (Å²) in [6, 6.07) is 22.4. The minimum absolute atomic E-state index is 0.0646. The van der Waals surface area contributed by atoms with Gasteiger partial charge in [-0.05, 0) is 62.4 Å². The van der Waals surface area contributed by atoms with E-state index in [1.165, 1.54) is 25.7 Å². The molecule has 1 N–H and O–H groups in total. The van der Waals surface area contributed by atoms with Crippen LogP contribution in [-0.2, 0) is 26.0 Å². The van der Waals surface area contributed by atoms with E-state index >= 15 is 0 Å². The molecule has 1 aliphatic carbocycles. The van der Waals surface area contributed by atoms with Crippen LogP contribution >= 0.6 is 0 Å². The monoisotopic (exact) mass is 605 g/mol. The minimum atomic E-state index is -4.17. The summed E-state index contributed by atoms with van der Waals surface area (Å²) in [7, 11) is -2.70. The number of anilines is 1. The van der Waals surface area contributed by atoms with Crippen molar-refractivity contribution < 1.29 is 22.7 Å². The minimum Gasteiger partial charge on any atom is -0.495 e. The van der Waals surface area contributed by atoms with Gasteiger partial charge in [0.25, 0.3) is 10.0 Å². The van der Waals surface area contributed by atoms with Crippen LogP contribution in [0.1, 0.15) is 56.6 Å².